The third-order valence-corrected chi connectivity index (χ3v) is 5.31. The fourth-order valence-corrected chi connectivity index (χ4v) is 3.95. The van der Waals surface area contributed by atoms with E-state index in [1.165, 1.54) is 5.56 Å². The monoisotopic (exact) mass is 315 g/mol. The number of Topliss-reactive ketones (excluding diaryl/α,β-unsaturated/α-hetero) is 1. The van der Waals surface area contributed by atoms with Gasteiger partial charge in [-0.05, 0) is 23.0 Å². The Morgan fingerprint density at radius 2 is 1.95 bits per heavy atom. The van der Waals surface area contributed by atoms with Crippen LogP contribution in [0.25, 0.3) is 0 Å². The van der Waals surface area contributed by atoms with Crippen molar-refractivity contribution in [3.63, 3.8) is 0 Å². The molecule has 2 aliphatic rings. The number of rotatable bonds is 3. The second-order valence-corrected chi connectivity index (χ2v) is 7.29. The normalized spacial score (nSPS) is 22.4. The minimum absolute atomic E-state index is 0.0230. The molecule has 0 amide bonds. The lowest BCUT2D eigenvalue weighted by Gasteiger charge is -2.24. The summed E-state index contributed by atoms with van der Waals surface area (Å²) in [5.41, 5.74) is 2.89. The van der Waals surface area contributed by atoms with Crippen LogP contribution in [0.2, 0.25) is 0 Å². The van der Waals surface area contributed by atoms with Gasteiger partial charge in [0, 0.05) is 25.1 Å². The van der Waals surface area contributed by atoms with Crippen LogP contribution in [0.4, 0.5) is 0 Å². The van der Waals surface area contributed by atoms with Crippen LogP contribution in [0.1, 0.15) is 49.7 Å². The van der Waals surface area contributed by atoms with E-state index < -0.39 is 0 Å². The minimum Gasteiger partial charge on any atom is -0.511 e. The van der Waals surface area contributed by atoms with Gasteiger partial charge in [-0.2, -0.15) is 0 Å². The number of ketones is 1. The molecule has 116 valence electrons. The van der Waals surface area contributed by atoms with E-state index in [0.29, 0.717) is 24.3 Å². The van der Waals surface area contributed by atoms with Crippen molar-refractivity contribution in [2.45, 2.75) is 38.5 Å². The lowest BCUT2D eigenvalue weighted by atomic mass is 9.82. The fourth-order valence-electron chi connectivity index (χ4n) is 3.01. The number of aliphatic imine (C=N–C) groups is 1. The Bertz CT molecular complexity index is 644. The summed E-state index contributed by atoms with van der Waals surface area (Å²) in [5, 5.41) is 11.1. The molecule has 0 bridgehead atoms. The number of hydrogen-bond acceptors (Lipinski definition) is 4. The maximum absolute atomic E-state index is 12.4. The zero-order chi connectivity index (χ0) is 15.7. The number of benzene rings is 1. The molecule has 1 N–H and O–H groups in total. The average Bonchev–Trinajstić information content (AvgIpc) is 3.00. The molecule has 0 spiro atoms. The summed E-state index contributed by atoms with van der Waals surface area (Å²) in [7, 11) is 0. The Labute approximate surface area is 135 Å². The predicted octanol–water partition coefficient (Wildman–Crippen LogP) is 4.21. The molecule has 1 aliphatic heterocycles. The highest BCUT2D eigenvalue weighted by Gasteiger charge is 2.32. The molecule has 22 heavy (non-hydrogen) atoms. The van der Waals surface area contributed by atoms with Crippen molar-refractivity contribution < 1.29 is 9.90 Å². The van der Waals surface area contributed by atoms with Gasteiger partial charge in [-0.1, -0.05) is 38.1 Å². The quantitative estimate of drug-likeness (QED) is 0.909. The molecular formula is C18H21NO2S. The minimum atomic E-state index is 0.0230. The summed E-state index contributed by atoms with van der Waals surface area (Å²) in [5.74, 6) is 1.71. The largest absolute Gasteiger partial charge is 0.511 e. The lowest BCUT2D eigenvalue weighted by molar-refractivity contribution is -0.116. The van der Waals surface area contributed by atoms with Gasteiger partial charge in [-0.25, -0.2) is 0 Å². The number of nitrogens with zero attached hydrogens (tertiary/aromatic N) is 1. The molecule has 0 radical (unpaired) electrons. The van der Waals surface area contributed by atoms with E-state index >= 15 is 0 Å². The van der Waals surface area contributed by atoms with Crippen LogP contribution in [0.15, 0.2) is 40.6 Å². The van der Waals surface area contributed by atoms with Crippen LogP contribution in [0.3, 0.4) is 0 Å². The Balaban J connectivity index is 1.82. The summed E-state index contributed by atoms with van der Waals surface area (Å²) in [6.45, 7) is 5.07. The highest BCUT2D eigenvalue weighted by Crippen LogP contribution is 2.36. The Kier molecular flexibility index (Phi) is 4.39. The Hall–Kier alpha value is -1.55. The molecule has 0 aromatic heterocycles. The average molecular weight is 315 g/mol. The second kappa shape index (κ2) is 6.29. The van der Waals surface area contributed by atoms with Crippen LogP contribution in [0, 0.1) is 0 Å². The third kappa shape index (κ3) is 2.98. The van der Waals surface area contributed by atoms with Crippen LogP contribution in [-0.2, 0) is 4.79 Å². The molecule has 1 aromatic rings. The molecule has 0 fully saturated rings. The molecule has 4 heteroatoms. The molecule has 3 nitrogen and oxygen atoms in total. The lowest BCUT2D eigenvalue weighted by Crippen LogP contribution is -2.22. The van der Waals surface area contributed by atoms with Crippen molar-refractivity contribution in [3.05, 3.63) is 46.7 Å². The first-order valence-corrected chi connectivity index (χ1v) is 8.77. The molecule has 1 unspecified atom stereocenters. The Morgan fingerprint density at radius 1 is 1.23 bits per heavy atom. The van der Waals surface area contributed by atoms with Crippen LogP contribution in [0.5, 0.6) is 0 Å². The summed E-state index contributed by atoms with van der Waals surface area (Å²) in [6, 6.07) is 8.43. The van der Waals surface area contributed by atoms with Crippen LogP contribution >= 0.6 is 11.8 Å². The van der Waals surface area contributed by atoms with Crippen molar-refractivity contribution >= 4 is 22.6 Å². The molecular weight excluding hydrogens is 294 g/mol. The SMILES string of the molecule is CC(C)c1ccc(C2CC(=O)C(C3=NCCS3)=C(O)C2)cc1. The number of carbonyl (C=O) groups is 1. The highest BCUT2D eigenvalue weighted by molar-refractivity contribution is 8.14. The van der Waals surface area contributed by atoms with Gasteiger partial charge in [0.25, 0.3) is 0 Å². The van der Waals surface area contributed by atoms with Gasteiger partial charge in [0.15, 0.2) is 5.78 Å². The first kappa shape index (κ1) is 15.3. The zero-order valence-electron chi connectivity index (χ0n) is 13.0. The van der Waals surface area contributed by atoms with E-state index in [1.54, 1.807) is 11.8 Å². The Morgan fingerprint density at radius 3 is 2.50 bits per heavy atom. The van der Waals surface area contributed by atoms with Crippen LogP contribution in [-0.4, -0.2) is 28.2 Å². The second-order valence-electron chi connectivity index (χ2n) is 6.21. The van der Waals surface area contributed by atoms with E-state index in [2.05, 4.69) is 43.1 Å². The van der Waals surface area contributed by atoms with Crippen molar-refractivity contribution in [2.75, 3.05) is 12.3 Å². The van der Waals surface area contributed by atoms with Gasteiger partial charge in [0.2, 0.25) is 0 Å². The molecule has 1 atom stereocenters. The molecule has 1 aromatic carbocycles. The van der Waals surface area contributed by atoms with Crippen molar-refractivity contribution in [3.8, 4) is 0 Å². The number of hydrogen-bond donors (Lipinski definition) is 1. The number of aliphatic hydroxyl groups is 1. The number of carbonyl (C=O) groups excluding carboxylic acids is 1. The first-order valence-electron chi connectivity index (χ1n) is 7.79. The first-order chi connectivity index (χ1) is 10.6. The number of aliphatic hydroxyl groups excluding tert-OH is 1. The van der Waals surface area contributed by atoms with Crippen molar-refractivity contribution in [1.29, 1.82) is 0 Å². The third-order valence-electron chi connectivity index (χ3n) is 4.31. The molecule has 0 saturated carbocycles. The maximum atomic E-state index is 12.4. The zero-order valence-corrected chi connectivity index (χ0v) is 13.8. The highest BCUT2D eigenvalue weighted by atomic mass is 32.2. The topological polar surface area (TPSA) is 49.7 Å². The molecule has 1 heterocycles. The predicted molar refractivity (Wildman–Crippen MR) is 91.9 cm³/mol. The molecule has 1 aliphatic carbocycles. The van der Waals surface area contributed by atoms with Gasteiger partial charge < -0.3 is 5.11 Å². The summed E-state index contributed by atoms with van der Waals surface area (Å²) < 4.78 is 0. The smallest absolute Gasteiger partial charge is 0.169 e. The summed E-state index contributed by atoms with van der Waals surface area (Å²) in [6.07, 6.45) is 0.988. The van der Waals surface area contributed by atoms with E-state index in [4.69, 9.17) is 0 Å². The summed E-state index contributed by atoms with van der Waals surface area (Å²) in [4.78, 5) is 16.8. The standard InChI is InChI=1S/C18H21NO2S/c1-11(2)12-3-5-13(6-4-12)14-9-15(20)17(16(21)10-14)18-19-7-8-22-18/h3-6,11,14,20H,7-10H2,1-2H3. The van der Waals surface area contributed by atoms with Gasteiger partial charge in [0.05, 0.1) is 5.57 Å². The van der Waals surface area contributed by atoms with E-state index in [-0.39, 0.29) is 17.5 Å². The van der Waals surface area contributed by atoms with E-state index in [1.807, 2.05) is 0 Å². The number of thioether (sulfide) groups is 1. The van der Waals surface area contributed by atoms with Gasteiger partial charge in [0.1, 0.15) is 10.8 Å². The summed E-state index contributed by atoms with van der Waals surface area (Å²) >= 11 is 1.57. The van der Waals surface area contributed by atoms with E-state index in [0.717, 1.165) is 22.9 Å². The van der Waals surface area contributed by atoms with Gasteiger partial charge in [-0.3, -0.25) is 9.79 Å². The van der Waals surface area contributed by atoms with Gasteiger partial charge in [-0.15, -0.1) is 11.8 Å². The molecule has 0 saturated heterocycles. The van der Waals surface area contributed by atoms with Crippen LogP contribution < -0.4 is 0 Å². The fraction of sp³-hybridized carbons (Fsp3) is 0.444. The van der Waals surface area contributed by atoms with Crippen molar-refractivity contribution in [2.24, 2.45) is 4.99 Å². The van der Waals surface area contributed by atoms with Crippen molar-refractivity contribution in [1.82, 2.24) is 0 Å². The number of allylic oxidation sites excluding steroid dienone is 1. The molecule has 3 rings (SSSR count). The van der Waals surface area contributed by atoms with Gasteiger partial charge >= 0.3 is 0 Å². The maximum Gasteiger partial charge on any atom is 0.169 e. The van der Waals surface area contributed by atoms with E-state index in [9.17, 15) is 9.90 Å².